The second-order valence-corrected chi connectivity index (χ2v) is 7.72. The second-order valence-electron chi connectivity index (χ2n) is 5.96. The Morgan fingerprint density at radius 3 is 2.35 bits per heavy atom. The fraction of sp³-hybridized carbons (Fsp3) is 0.611. The number of hydrogen-bond donors (Lipinski definition) is 3. The van der Waals surface area contributed by atoms with Gasteiger partial charge in [0.15, 0.2) is 5.96 Å². The van der Waals surface area contributed by atoms with Crippen LogP contribution >= 0.6 is 0 Å². The number of nitrogens with one attached hydrogen (secondary N) is 3. The molecule has 0 spiro atoms. The van der Waals surface area contributed by atoms with Crippen molar-refractivity contribution in [3.05, 3.63) is 29.8 Å². The lowest BCUT2D eigenvalue weighted by Gasteiger charge is -2.12. The van der Waals surface area contributed by atoms with E-state index in [1.54, 1.807) is 31.3 Å². The van der Waals surface area contributed by atoms with Crippen LogP contribution in [0.5, 0.6) is 0 Å². The van der Waals surface area contributed by atoms with Crippen molar-refractivity contribution in [3.8, 4) is 0 Å². The standard InChI is InChI=1S/C18H32N4O3S/c1-4-5-14-25-15-6-11-20-18(19-3)21-12-13-22-26(23,24)17-9-7-16(2)8-10-17/h7-10,22H,4-6,11-15H2,1-3H3,(H2,19,20,21). The molecule has 1 rings (SSSR count). The van der Waals surface area contributed by atoms with Crippen molar-refractivity contribution in [2.45, 2.75) is 38.0 Å². The highest BCUT2D eigenvalue weighted by molar-refractivity contribution is 7.89. The van der Waals surface area contributed by atoms with Crippen molar-refractivity contribution in [3.63, 3.8) is 0 Å². The summed E-state index contributed by atoms with van der Waals surface area (Å²) < 4.78 is 32.4. The van der Waals surface area contributed by atoms with Crippen LogP contribution < -0.4 is 15.4 Å². The maximum atomic E-state index is 12.2. The summed E-state index contributed by atoms with van der Waals surface area (Å²) >= 11 is 0. The molecule has 7 nitrogen and oxygen atoms in total. The lowest BCUT2D eigenvalue weighted by Crippen LogP contribution is -2.41. The van der Waals surface area contributed by atoms with Crippen molar-refractivity contribution < 1.29 is 13.2 Å². The van der Waals surface area contributed by atoms with Gasteiger partial charge in [0.2, 0.25) is 10.0 Å². The Morgan fingerprint density at radius 2 is 1.69 bits per heavy atom. The van der Waals surface area contributed by atoms with Crippen LogP contribution in [0.2, 0.25) is 0 Å². The van der Waals surface area contributed by atoms with Gasteiger partial charge in [0.05, 0.1) is 4.90 Å². The SMILES string of the molecule is CCCCOCCCNC(=NC)NCCNS(=O)(=O)c1ccc(C)cc1. The average Bonchev–Trinajstić information content (AvgIpc) is 2.63. The van der Waals surface area contributed by atoms with Crippen LogP contribution in [0, 0.1) is 6.92 Å². The third kappa shape index (κ3) is 9.17. The Morgan fingerprint density at radius 1 is 1.04 bits per heavy atom. The van der Waals surface area contributed by atoms with Crippen molar-refractivity contribution in [2.75, 3.05) is 39.9 Å². The Bertz CT molecular complexity index is 630. The van der Waals surface area contributed by atoms with Crippen molar-refractivity contribution in [1.82, 2.24) is 15.4 Å². The van der Waals surface area contributed by atoms with E-state index in [1.807, 2.05) is 6.92 Å². The first kappa shape index (κ1) is 22.4. The monoisotopic (exact) mass is 384 g/mol. The molecular formula is C18H32N4O3S. The first-order valence-corrected chi connectivity index (χ1v) is 10.6. The molecule has 0 unspecified atom stereocenters. The molecule has 0 bridgehead atoms. The normalized spacial score (nSPS) is 12.2. The Labute approximate surface area is 157 Å². The molecule has 8 heteroatoms. The maximum absolute atomic E-state index is 12.2. The van der Waals surface area contributed by atoms with Crippen LogP contribution in [-0.4, -0.2) is 54.3 Å². The number of aliphatic imine (C=N–C) groups is 1. The zero-order chi connectivity index (χ0) is 19.3. The number of nitrogens with zero attached hydrogens (tertiary/aromatic N) is 1. The van der Waals surface area contributed by atoms with E-state index in [0.29, 0.717) is 12.5 Å². The lowest BCUT2D eigenvalue weighted by molar-refractivity contribution is 0.129. The summed E-state index contributed by atoms with van der Waals surface area (Å²) in [6, 6.07) is 6.78. The fourth-order valence-electron chi connectivity index (χ4n) is 2.12. The Hall–Kier alpha value is -1.64. The van der Waals surface area contributed by atoms with Gasteiger partial charge in [-0.2, -0.15) is 0 Å². The zero-order valence-electron chi connectivity index (χ0n) is 16.0. The van der Waals surface area contributed by atoms with E-state index in [4.69, 9.17) is 4.74 Å². The molecule has 0 aliphatic carbocycles. The average molecular weight is 385 g/mol. The number of unbranched alkanes of at least 4 members (excludes halogenated alkanes) is 1. The minimum Gasteiger partial charge on any atom is -0.381 e. The molecule has 148 valence electrons. The summed E-state index contributed by atoms with van der Waals surface area (Å²) in [7, 11) is -1.80. The summed E-state index contributed by atoms with van der Waals surface area (Å²) in [4.78, 5) is 4.39. The quantitative estimate of drug-likeness (QED) is 0.289. The molecule has 1 aromatic rings. The molecule has 0 aliphatic heterocycles. The molecule has 3 N–H and O–H groups in total. The number of aryl methyl sites for hydroxylation is 1. The molecule has 0 fully saturated rings. The van der Waals surface area contributed by atoms with Crippen LogP contribution in [0.15, 0.2) is 34.2 Å². The van der Waals surface area contributed by atoms with Gasteiger partial charge in [-0.3, -0.25) is 4.99 Å². The van der Waals surface area contributed by atoms with Crippen molar-refractivity contribution in [2.24, 2.45) is 4.99 Å². The van der Waals surface area contributed by atoms with Gasteiger partial charge in [-0.15, -0.1) is 0 Å². The first-order valence-electron chi connectivity index (χ1n) is 9.08. The minimum absolute atomic E-state index is 0.272. The third-order valence-corrected chi connectivity index (χ3v) is 5.14. The molecule has 0 aliphatic rings. The predicted molar refractivity (Wildman–Crippen MR) is 106 cm³/mol. The summed E-state index contributed by atoms with van der Waals surface area (Å²) in [5.41, 5.74) is 1.02. The van der Waals surface area contributed by atoms with E-state index in [2.05, 4.69) is 27.3 Å². The Kier molecular flexibility index (Phi) is 10.9. The summed E-state index contributed by atoms with van der Waals surface area (Å²) in [5.74, 6) is 0.646. The van der Waals surface area contributed by atoms with E-state index in [9.17, 15) is 8.42 Å². The number of hydrogen-bond acceptors (Lipinski definition) is 4. The van der Waals surface area contributed by atoms with E-state index in [1.165, 1.54) is 0 Å². The summed E-state index contributed by atoms with van der Waals surface area (Å²) in [5, 5.41) is 6.26. The van der Waals surface area contributed by atoms with Crippen LogP contribution in [0.3, 0.4) is 0 Å². The van der Waals surface area contributed by atoms with E-state index >= 15 is 0 Å². The smallest absolute Gasteiger partial charge is 0.240 e. The van der Waals surface area contributed by atoms with Crippen LogP contribution in [0.4, 0.5) is 0 Å². The lowest BCUT2D eigenvalue weighted by atomic mass is 10.2. The van der Waals surface area contributed by atoms with E-state index in [0.717, 1.165) is 44.6 Å². The summed E-state index contributed by atoms with van der Waals surface area (Å²) in [6.07, 6.45) is 3.13. The highest BCUT2D eigenvalue weighted by Gasteiger charge is 2.12. The van der Waals surface area contributed by atoms with Gasteiger partial charge >= 0.3 is 0 Å². The zero-order valence-corrected chi connectivity index (χ0v) is 16.9. The molecular weight excluding hydrogens is 352 g/mol. The van der Waals surface area contributed by atoms with E-state index in [-0.39, 0.29) is 11.4 Å². The molecule has 0 radical (unpaired) electrons. The highest BCUT2D eigenvalue weighted by Crippen LogP contribution is 2.09. The number of benzene rings is 1. The van der Waals surface area contributed by atoms with Gasteiger partial charge in [-0.25, -0.2) is 13.1 Å². The van der Waals surface area contributed by atoms with Gasteiger partial charge in [-0.05, 0) is 31.9 Å². The Balaban J connectivity index is 2.21. The van der Waals surface area contributed by atoms with Crippen molar-refractivity contribution >= 4 is 16.0 Å². The number of ether oxygens (including phenoxy) is 1. The fourth-order valence-corrected chi connectivity index (χ4v) is 3.15. The van der Waals surface area contributed by atoms with Gasteiger partial charge in [0.1, 0.15) is 0 Å². The maximum Gasteiger partial charge on any atom is 0.240 e. The van der Waals surface area contributed by atoms with Gasteiger partial charge in [0, 0.05) is 39.9 Å². The topological polar surface area (TPSA) is 91.8 Å². The minimum atomic E-state index is -3.48. The van der Waals surface area contributed by atoms with Gasteiger partial charge in [-0.1, -0.05) is 31.0 Å². The molecule has 0 heterocycles. The molecule has 1 aromatic carbocycles. The van der Waals surface area contributed by atoms with Crippen LogP contribution in [0.25, 0.3) is 0 Å². The van der Waals surface area contributed by atoms with Crippen LogP contribution in [-0.2, 0) is 14.8 Å². The number of rotatable bonds is 12. The molecule has 0 amide bonds. The molecule has 0 atom stereocenters. The van der Waals surface area contributed by atoms with Crippen molar-refractivity contribution in [1.29, 1.82) is 0 Å². The van der Waals surface area contributed by atoms with Gasteiger partial charge in [0.25, 0.3) is 0 Å². The number of sulfonamides is 1. The third-order valence-electron chi connectivity index (χ3n) is 3.66. The molecule has 0 saturated heterocycles. The molecule has 0 saturated carbocycles. The number of guanidine groups is 1. The van der Waals surface area contributed by atoms with E-state index < -0.39 is 10.0 Å². The van der Waals surface area contributed by atoms with Crippen LogP contribution in [0.1, 0.15) is 31.7 Å². The predicted octanol–water partition coefficient (Wildman–Crippen LogP) is 1.65. The first-order chi connectivity index (χ1) is 12.5. The summed E-state index contributed by atoms with van der Waals surface area (Å²) in [6.45, 7) is 7.06. The molecule has 0 aromatic heterocycles. The largest absolute Gasteiger partial charge is 0.381 e. The second kappa shape index (κ2) is 12.7. The highest BCUT2D eigenvalue weighted by atomic mass is 32.2. The molecule has 26 heavy (non-hydrogen) atoms. The van der Waals surface area contributed by atoms with Gasteiger partial charge < -0.3 is 15.4 Å².